The minimum absolute atomic E-state index is 0.108. The SMILES string of the molecule is N#Cc1cc(-c2cnc3[nH]cc(/C=C/C(N)=O)c3n2)cc(C(F)(F)F)c1. The lowest BCUT2D eigenvalue weighted by atomic mass is 10.0. The van der Waals surface area contributed by atoms with Crippen LogP contribution < -0.4 is 5.73 Å². The van der Waals surface area contributed by atoms with E-state index in [1.165, 1.54) is 18.3 Å². The molecule has 0 atom stereocenters. The van der Waals surface area contributed by atoms with E-state index in [-0.39, 0.29) is 16.8 Å². The van der Waals surface area contributed by atoms with Gasteiger partial charge in [0.25, 0.3) is 0 Å². The van der Waals surface area contributed by atoms with E-state index in [0.29, 0.717) is 16.7 Å². The molecule has 130 valence electrons. The third kappa shape index (κ3) is 3.39. The maximum atomic E-state index is 13.0. The number of benzene rings is 1. The molecule has 0 radical (unpaired) electrons. The van der Waals surface area contributed by atoms with Crippen molar-refractivity contribution >= 4 is 23.1 Å². The summed E-state index contributed by atoms with van der Waals surface area (Å²) in [7, 11) is 0. The molecular formula is C17H10F3N5O. The average Bonchev–Trinajstić information content (AvgIpc) is 3.01. The summed E-state index contributed by atoms with van der Waals surface area (Å²) < 4.78 is 39.1. The van der Waals surface area contributed by atoms with Gasteiger partial charge in [-0.05, 0) is 24.3 Å². The van der Waals surface area contributed by atoms with Gasteiger partial charge in [-0.25, -0.2) is 9.97 Å². The predicted octanol–water partition coefficient (Wildman–Crippen LogP) is 3.01. The molecule has 1 aromatic carbocycles. The Morgan fingerprint density at radius 2 is 2.08 bits per heavy atom. The number of hydrogen-bond acceptors (Lipinski definition) is 4. The second-order valence-corrected chi connectivity index (χ2v) is 5.34. The van der Waals surface area contributed by atoms with Gasteiger partial charge in [0.05, 0.1) is 29.1 Å². The molecule has 0 fully saturated rings. The summed E-state index contributed by atoms with van der Waals surface area (Å²) in [6, 6.07) is 4.69. The molecule has 2 aromatic heterocycles. The Bertz CT molecular complexity index is 1080. The predicted molar refractivity (Wildman–Crippen MR) is 87.3 cm³/mol. The number of carbonyl (C=O) groups is 1. The van der Waals surface area contributed by atoms with Gasteiger partial charge in [-0.2, -0.15) is 18.4 Å². The molecule has 0 saturated carbocycles. The van der Waals surface area contributed by atoms with Gasteiger partial charge in [-0.1, -0.05) is 0 Å². The van der Waals surface area contributed by atoms with Crippen molar-refractivity contribution in [3.05, 3.63) is 53.4 Å². The van der Waals surface area contributed by atoms with E-state index in [1.54, 1.807) is 12.3 Å². The number of halogens is 3. The molecule has 0 aliphatic rings. The first-order valence-corrected chi connectivity index (χ1v) is 7.22. The number of hydrogen-bond donors (Lipinski definition) is 2. The van der Waals surface area contributed by atoms with Crippen LogP contribution in [0.1, 0.15) is 16.7 Å². The minimum atomic E-state index is -4.59. The Balaban J connectivity index is 2.15. The number of primary amides is 1. The highest BCUT2D eigenvalue weighted by Gasteiger charge is 2.31. The fourth-order valence-electron chi connectivity index (χ4n) is 2.35. The Morgan fingerprint density at radius 3 is 2.73 bits per heavy atom. The fourth-order valence-corrected chi connectivity index (χ4v) is 2.35. The first-order chi connectivity index (χ1) is 12.3. The number of amides is 1. The van der Waals surface area contributed by atoms with Gasteiger partial charge >= 0.3 is 6.18 Å². The van der Waals surface area contributed by atoms with E-state index in [4.69, 9.17) is 11.0 Å². The van der Waals surface area contributed by atoms with Crippen molar-refractivity contribution in [3.63, 3.8) is 0 Å². The smallest absolute Gasteiger partial charge is 0.366 e. The summed E-state index contributed by atoms with van der Waals surface area (Å²) in [4.78, 5) is 22.1. The van der Waals surface area contributed by atoms with Crippen LogP contribution in [0, 0.1) is 11.3 Å². The van der Waals surface area contributed by atoms with Crippen molar-refractivity contribution in [2.75, 3.05) is 0 Å². The highest BCUT2D eigenvalue weighted by Crippen LogP contribution is 2.33. The standard InChI is InChI=1S/C17H10F3N5O/c18-17(19,20)12-4-9(6-21)3-11(5-12)13-8-24-16-15(25-13)10(7-23-16)1-2-14(22)26/h1-5,7-8H,(H2,22,26)(H,23,24)/b2-1+. The second-order valence-electron chi connectivity index (χ2n) is 5.34. The lowest BCUT2D eigenvalue weighted by Gasteiger charge is -2.09. The molecule has 0 bridgehead atoms. The number of nitrogens with two attached hydrogens (primary N) is 1. The summed E-state index contributed by atoms with van der Waals surface area (Å²) in [5.74, 6) is -0.653. The molecule has 6 nitrogen and oxygen atoms in total. The first kappa shape index (κ1) is 17.2. The number of H-pyrrole nitrogens is 1. The Morgan fingerprint density at radius 1 is 1.31 bits per heavy atom. The topological polar surface area (TPSA) is 108 Å². The maximum Gasteiger partial charge on any atom is 0.416 e. The minimum Gasteiger partial charge on any atom is -0.366 e. The Labute approximate surface area is 144 Å². The molecule has 0 spiro atoms. The fraction of sp³-hybridized carbons (Fsp3) is 0.0588. The number of rotatable bonds is 3. The van der Waals surface area contributed by atoms with Gasteiger partial charge in [-0.15, -0.1) is 0 Å². The number of nitrogens with one attached hydrogen (secondary N) is 1. The Kier molecular flexibility index (Phi) is 4.18. The quantitative estimate of drug-likeness (QED) is 0.702. The zero-order valence-electron chi connectivity index (χ0n) is 13.0. The van der Waals surface area contributed by atoms with Gasteiger partial charge in [0.2, 0.25) is 5.91 Å². The van der Waals surface area contributed by atoms with E-state index in [1.807, 2.05) is 0 Å². The van der Waals surface area contributed by atoms with E-state index < -0.39 is 17.6 Å². The maximum absolute atomic E-state index is 13.0. The van der Waals surface area contributed by atoms with Crippen molar-refractivity contribution in [2.45, 2.75) is 6.18 Å². The van der Waals surface area contributed by atoms with Crippen LogP contribution in [0.15, 0.2) is 36.7 Å². The molecule has 3 rings (SSSR count). The number of fused-ring (bicyclic) bond motifs is 1. The van der Waals surface area contributed by atoms with Crippen molar-refractivity contribution in [1.29, 1.82) is 5.26 Å². The summed E-state index contributed by atoms with van der Waals surface area (Å²) in [6.07, 6.45) is 0.807. The molecule has 9 heteroatoms. The molecule has 0 aliphatic heterocycles. The molecule has 3 aromatic rings. The number of nitrogens with zero attached hydrogens (tertiary/aromatic N) is 3. The highest BCUT2D eigenvalue weighted by atomic mass is 19.4. The lowest BCUT2D eigenvalue weighted by molar-refractivity contribution is -0.137. The largest absolute Gasteiger partial charge is 0.416 e. The van der Waals surface area contributed by atoms with Crippen molar-refractivity contribution < 1.29 is 18.0 Å². The van der Waals surface area contributed by atoms with E-state index in [2.05, 4.69) is 15.0 Å². The molecule has 0 unspecified atom stereocenters. The van der Waals surface area contributed by atoms with Crippen molar-refractivity contribution in [1.82, 2.24) is 15.0 Å². The third-order valence-corrected chi connectivity index (χ3v) is 3.52. The van der Waals surface area contributed by atoms with Crippen LogP contribution in [-0.2, 0) is 11.0 Å². The summed E-state index contributed by atoms with van der Waals surface area (Å²) in [6.45, 7) is 0. The Hall–Kier alpha value is -3.67. The molecular weight excluding hydrogens is 347 g/mol. The zero-order valence-corrected chi connectivity index (χ0v) is 13.0. The number of nitriles is 1. The number of alkyl halides is 3. The molecule has 1 amide bonds. The van der Waals surface area contributed by atoms with Crippen molar-refractivity contribution in [3.8, 4) is 17.3 Å². The molecule has 0 saturated heterocycles. The normalized spacial score (nSPS) is 11.8. The summed E-state index contributed by atoms with van der Waals surface area (Å²) in [5.41, 5.74) is 5.49. The highest BCUT2D eigenvalue weighted by molar-refractivity contribution is 5.93. The first-order valence-electron chi connectivity index (χ1n) is 7.22. The van der Waals surface area contributed by atoms with Crippen LogP contribution in [0.3, 0.4) is 0 Å². The van der Waals surface area contributed by atoms with Gasteiger partial charge in [-0.3, -0.25) is 4.79 Å². The molecule has 0 aliphatic carbocycles. The average molecular weight is 357 g/mol. The number of aromatic nitrogens is 3. The van der Waals surface area contributed by atoms with E-state index >= 15 is 0 Å². The van der Waals surface area contributed by atoms with Gasteiger partial charge in [0, 0.05) is 23.4 Å². The summed E-state index contributed by atoms with van der Waals surface area (Å²) >= 11 is 0. The van der Waals surface area contributed by atoms with Crippen LogP contribution in [0.2, 0.25) is 0 Å². The van der Waals surface area contributed by atoms with Crippen LogP contribution in [0.25, 0.3) is 28.5 Å². The monoisotopic (exact) mass is 357 g/mol. The number of aromatic amines is 1. The van der Waals surface area contributed by atoms with Crippen LogP contribution in [0.4, 0.5) is 13.2 Å². The van der Waals surface area contributed by atoms with Crippen LogP contribution >= 0.6 is 0 Å². The van der Waals surface area contributed by atoms with Crippen molar-refractivity contribution in [2.24, 2.45) is 5.73 Å². The molecule has 2 heterocycles. The second kappa shape index (κ2) is 6.33. The van der Waals surface area contributed by atoms with E-state index in [0.717, 1.165) is 18.2 Å². The van der Waals surface area contributed by atoms with Gasteiger partial charge in [0.1, 0.15) is 5.52 Å². The third-order valence-electron chi connectivity index (χ3n) is 3.52. The van der Waals surface area contributed by atoms with Gasteiger partial charge < -0.3 is 10.7 Å². The number of carbonyl (C=O) groups excluding carboxylic acids is 1. The molecule has 3 N–H and O–H groups in total. The zero-order chi connectivity index (χ0) is 18.9. The van der Waals surface area contributed by atoms with Crippen LogP contribution in [0.5, 0.6) is 0 Å². The summed E-state index contributed by atoms with van der Waals surface area (Å²) in [5, 5.41) is 8.99. The van der Waals surface area contributed by atoms with E-state index in [9.17, 15) is 18.0 Å². The molecule has 26 heavy (non-hydrogen) atoms. The lowest BCUT2D eigenvalue weighted by Crippen LogP contribution is -2.06. The van der Waals surface area contributed by atoms with Gasteiger partial charge in [0.15, 0.2) is 5.65 Å². The van der Waals surface area contributed by atoms with Crippen LogP contribution in [-0.4, -0.2) is 20.9 Å².